The van der Waals surface area contributed by atoms with Gasteiger partial charge in [0.25, 0.3) is 0 Å². The van der Waals surface area contributed by atoms with Crippen molar-refractivity contribution in [3.8, 4) is 0 Å². The van der Waals surface area contributed by atoms with Gasteiger partial charge in [-0.15, -0.1) is 0 Å². The van der Waals surface area contributed by atoms with Crippen molar-refractivity contribution in [3.05, 3.63) is 0 Å². The Bertz CT molecular complexity index is 254. The number of hydrogen-bond acceptors (Lipinski definition) is 4. The number of carboxylic acid groups (broad SMARTS) is 1. The predicted octanol–water partition coefficient (Wildman–Crippen LogP) is -2.10. The Morgan fingerprint density at radius 3 is 2.33 bits per heavy atom. The molecule has 0 radical (unpaired) electrons. The first kappa shape index (κ1) is 13.4. The Balaban J connectivity index is 3.71. The molecule has 0 saturated carbocycles. The monoisotopic (exact) mass is 217 g/mol. The van der Waals surface area contributed by atoms with Gasteiger partial charge in [-0.05, 0) is 0 Å². The standard InChI is InChI=1S/C8H15N3O4/c1-5(2-9)8(15)11-3-6(12)10-4-7(13)14/h5H,2-4,9H2,1H3,(H,10,12)(H,11,15)(H,13,14). The van der Waals surface area contributed by atoms with Gasteiger partial charge in [-0.25, -0.2) is 0 Å². The molecule has 0 rings (SSSR count). The van der Waals surface area contributed by atoms with Crippen molar-refractivity contribution in [1.29, 1.82) is 0 Å². The average molecular weight is 217 g/mol. The highest BCUT2D eigenvalue weighted by molar-refractivity contribution is 5.87. The number of hydrogen-bond donors (Lipinski definition) is 4. The van der Waals surface area contributed by atoms with E-state index in [1.165, 1.54) is 0 Å². The van der Waals surface area contributed by atoms with E-state index < -0.39 is 18.4 Å². The molecule has 0 fully saturated rings. The Kier molecular flexibility index (Phi) is 6.03. The molecule has 5 N–H and O–H groups in total. The zero-order valence-electron chi connectivity index (χ0n) is 8.45. The minimum Gasteiger partial charge on any atom is -0.480 e. The summed E-state index contributed by atoms with van der Waals surface area (Å²) in [5, 5.41) is 12.7. The minimum atomic E-state index is -1.13. The van der Waals surface area contributed by atoms with Gasteiger partial charge >= 0.3 is 5.97 Å². The summed E-state index contributed by atoms with van der Waals surface area (Å²) < 4.78 is 0. The Labute approximate surface area is 87.0 Å². The zero-order valence-corrected chi connectivity index (χ0v) is 8.45. The maximum Gasteiger partial charge on any atom is 0.322 e. The predicted molar refractivity (Wildman–Crippen MR) is 51.9 cm³/mol. The number of carbonyl (C=O) groups excluding carboxylic acids is 2. The van der Waals surface area contributed by atoms with Crippen LogP contribution in [0.1, 0.15) is 6.92 Å². The fraction of sp³-hybridized carbons (Fsp3) is 0.625. The van der Waals surface area contributed by atoms with Crippen molar-refractivity contribution in [3.63, 3.8) is 0 Å². The molecule has 0 heterocycles. The minimum absolute atomic E-state index is 0.197. The number of nitrogens with two attached hydrogens (primary N) is 1. The molecule has 86 valence electrons. The van der Waals surface area contributed by atoms with Gasteiger partial charge in [-0.3, -0.25) is 14.4 Å². The van der Waals surface area contributed by atoms with Crippen LogP contribution < -0.4 is 16.4 Å². The zero-order chi connectivity index (χ0) is 11.8. The largest absolute Gasteiger partial charge is 0.480 e. The summed E-state index contributed by atoms with van der Waals surface area (Å²) in [6, 6.07) is 0. The Hall–Kier alpha value is -1.63. The van der Waals surface area contributed by atoms with E-state index in [0.29, 0.717) is 0 Å². The van der Waals surface area contributed by atoms with Gasteiger partial charge in [0.05, 0.1) is 6.54 Å². The topological polar surface area (TPSA) is 122 Å². The Morgan fingerprint density at radius 1 is 1.27 bits per heavy atom. The second-order valence-electron chi connectivity index (χ2n) is 3.03. The summed E-state index contributed by atoms with van der Waals surface area (Å²) >= 11 is 0. The lowest BCUT2D eigenvalue weighted by molar-refractivity contribution is -0.137. The third kappa shape index (κ3) is 6.44. The lowest BCUT2D eigenvalue weighted by Gasteiger charge is -2.09. The number of rotatable bonds is 6. The Morgan fingerprint density at radius 2 is 1.87 bits per heavy atom. The van der Waals surface area contributed by atoms with Crippen LogP contribution in [0, 0.1) is 5.92 Å². The molecule has 1 atom stereocenters. The maximum atomic E-state index is 11.1. The summed E-state index contributed by atoms with van der Waals surface area (Å²) in [5.41, 5.74) is 5.24. The molecule has 2 amide bonds. The first-order valence-corrected chi connectivity index (χ1v) is 4.43. The van der Waals surface area contributed by atoms with Crippen LogP contribution in [-0.2, 0) is 14.4 Å². The van der Waals surface area contributed by atoms with Gasteiger partial charge in [0.1, 0.15) is 6.54 Å². The van der Waals surface area contributed by atoms with Crippen LogP contribution in [0.15, 0.2) is 0 Å². The van der Waals surface area contributed by atoms with Gasteiger partial charge in [0.2, 0.25) is 11.8 Å². The number of carboxylic acids is 1. The molecule has 7 heteroatoms. The average Bonchev–Trinajstić information content (AvgIpc) is 2.21. The molecular weight excluding hydrogens is 202 g/mol. The molecule has 0 aliphatic heterocycles. The van der Waals surface area contributed by atoms with Gasteiger partial charge < -0.3 is 21.5 Å². The van der Waals surface area contributed by atoms with Gasteiger partial charge in [0.15, 0.2) is 0 Å². The SMILES string of the molecule is CC(CN)C(=O)NCC(=O)NCC(=O)O. The van der Waals surface area contributed by atoms with E-state index in [0.717, 1.165) is 0 Å². The van der Waals surface area contributed by atoms with E-state index in [-0.39, 0.29) is 24.9 Å². The maximum absolute atomic E-state index is 11.1. The molecule has 1 unspecified atom stereocenters. The number of nitrogens with one attached hydrogen (secondary N) is 2. The summed E-state index contributed by atoms with van der Waals surface area (Å²) in [6.07, 6.45) is 0. The molecule has 0 aliphatic rings. The van der Waals surface area contributed by atoms with Crippen LogP contribution in [0.25, 0.3) is 0 Å². The molecule has 0 aromatic carbocycles. The summed E-state index contributed by atoms with van der Waals surface area (Å²) in [7, 11) is 0. The molecule has 0 bridgehead atoms. The third-order valence-corrected chi connectivity index (χ3v) is 1.66. The highest BCUT2D eigenvalue weighted by atomic mass is 16.4. The number of aliphatic carboxylic acids is 1. The van der Waals surface area contributed by atoms with Crippen molar-refractivity contribution in [2.45, 2.75) is 6.92 Å². The fourth-order valence-electron chi connectivity index (χ4n) is 0.685. The van der Waals surface area contributed by atoms with Gasteiger partial charge in [0, 0.05) is 12.5 Å². The van der Waals surface area contributed by atoms with Crippen LogP contribution in [0.2, 0.25) is 0 Å². The summed E-state index contributed by atoms with van der Waals surface area (Å²) in [6.45, 7) is 1.13. The first-order chi connectivity index (χ1) is 6.97. The van der Waals surface area contributed by atoms with Crippen molar-refractivity contribution >= 4 is 17.8 Å². The molecule has 15 heavy (non-hydrogen) atoms. The quantitative estimate of drug-likeness (QED) is 0.406. The van der Waals surface area contributed by atoms with Gasteiger partial charge in [-0.2, -0.15) is 0 Å². The van der Waals surface area contributed by atoms with Crippen molar-refractivity contribution in [2.75, 3.05) is 19.6 Å². The van der Waals surface area contributed by atoms with Crippen LogP contribution >= 0.6 is 0 Å². The van der Waals surface area contributed by atoms with E-state index in [1.54, 1.807) is 6.92 Å². The third-order valence-electron chi connectivity index (χ3n) is 1.66. The van der Waals surface area contributed by atoms with E-state index in [9.17, 15) is 14.4 Å². The van der Waals surface area contributed by atoms with Crippen LogP contribution in [0.4, 0.5) is 0 Å². The van der Waals surface area contributed by atoms with E-state index >= 15 is 0 Å². The molecule has 0 aromatic rings. The van der Waals surface area contributed by atoms with Crippen LogP contribution in [0.5, 0.6) is 0 Å². The molecule has 0 spiro atoms. The molecule has 0 aromatic heterocycles. The normalized spacial score (nSPS) is 11.6. The van der Waals surface area contributed by atoms with E-state index in [1.807, 2.05) is 0 Å². The fourth-order valence-corrected chi connectivity index (χ4v) is 0.685. The van der Waals surface area contributed by atoms with E-state index in [4.69, 9.17) is 10.8 Å². The molecule has 0 aliphatic carbocycles. The highest BCUT2D eigenvalue weighted by Crippen LogP contribution is 1.89. The number of carbonyl (C=O) groups is 3. The van der Waals surface area contributed by atoms with Crippen molar-refractivity contribution in [2.24, 2.45) is 11.7 Å². The smallest absolute Gasteiger partial charge is 0.322 e. The lowest BCUT2D eigenvalue weighted by Crippen LogP contribution is -2.41. The van der Waals surface area contributed by atoms with Crippen LogP contribution in [0.3, 0.4) is 0 Å². The summed E-state index contributed by atoms with van der Waals surface area (Å²) in [5.74, 6) is -2.37. The van der Waals surface area contributed by atoms with E-state index in [2.05, 4.69) is 10.6 Å². The lowest BCUT2D eigenvalue weighted by atomic mass is 10.2. The first-order valence-electron chi connectivity index (χ1n) is 4.43. The molecule has 7 nitrogen and oxygen atoms in total. The molecule has 0 saturated heterocycles. The van der Waals surface area contributed by atoms with Crippen molar-refractivity contribution in [1.82, 2.24) is 10.6 Å². The number of amides is 2. The second-order valence-corrected chi connectivity index (χ2v) is 3.03. The van der Waals surface area contributed by atoms with Crippen LogP contribution in [-0.4, -0.2) is 42.5 Å². The highest BCUT2D eigenvalue weighted by Gasteiger charge is 2.11. The van der Waals surface area contributed by atoms with Gasteiger partial charge in [-0.1, -0.05) is 6.92 Å². The molecular formula is C8H15N3O4. The second kappa shape index (κ2) is 6.77. The van der Waals surface area contributed by atoms with Crippen molar-refractivity contribution < 1.29 is 19.5 Å². The summed E-state index contributed by atoms with van der Waals surface area (Å²) in [4.78, 5) is 32.1.